The van der Waals surface area contributed by atoms with Crippen LogP contribution in [-0.2, 0) is 11.3 Å². The number of amides is 1. The van der Waals surface area contributed by atoms with Crippen molar-refractivity contribution >= 4 is 5.91 Å². The Balaban J connectivity index is 1.99. The molecule has 152 valence electrons. The highest BCUT2D eigenvalue weighted by Crippen LogP contribution is 2.23. The topological polar surface area (TPSA) is 26.8 Å². The van der Waals surface area contributed by atoms with Gasteiger partial charge in [-0.3, -0.25) is 9.69 Å². The van der Waals surface area contributed by atoms with Crippen molar-refractivity contribution < 1.29 is 9.18 Å². The number of nitrogens with zero attached hydrogens (tertiary/aromatic N) is 3. The lowest BCUT2D eigenvalue weighted by Crippen LogP contribution is -2.47. The number of hydrogen-bond acceptors (Lipinski definition) is 3. The number of piperidine rings is 1. The van der Waals surface area contributed by atoms with Gasteiger partial charge in [-0.15, -0.1) is 0 Å². The molecule has 1 amide bonds. The summed E-state index contributed by atoms with van der Waals surface area (Å²) in [5.41, 5.74) is 0.391. The van der Waals surface area contributed by atoms with Crippen molar-refractivity contribution in [2.75, 3.05) is 46.8 Å². The Kier molecular flexibility index (Phi) is 7.80. The Bertz CT molecular complexity index is 612. The van der Waals surface area contributed by atoms with Crippen molar-refractivity contribution in [3.8, 4) is 0 Å². The van der Waals surface area contributed by atoms with E-state index in [0.717, 1.165) is 51.1 Å². The second-order valence-electron chi connectivity index (χ2n) is 9.14. The molecule has 0 saturated carbocycles. The van der Waals surface area contributed by atoms with Gasteiger partial charge >= 0.3 is 0 Å². The standard InChI is InChI=1S/C22H36FN3O/c1-22(2,3)21(27)26(14-13-24(4)5)16-18-9-8-12-25(15-18)17-19-10-6-7-11-20(19)23/h6-7,10-11,18H,8-9,12-17H2,1-5H3. The van der Waals surface area contributed by atoms with Crippen molar-refractivity contribution in [1.82, 2.24) is 14.7 Å². The van der Waals surface area contributed by atoms with Gasteiger partial charge in [-0.1, -0.05) is 39.0 Å². The fourth-order valence-corrected chi connectivity index (χ4v) is 3.69. The predicted octanol–water partition coefficient (Wildman–Crippen LogP) is 3.47. The summed E-state index contributed by atoms with van der Waals surface area (Å²) >= 11 is 0. The minimum atomic E-state index is -0.367. The molecule has 1 unspecified atom stereocenters. The van der Waals surface area contributed by atoms with Crippen LogP contribution in [0.25, 0.3) is 0 Å². The molecular formula is C22H36FN3O. The van der Waals surface area contributed by atoms with Crippen molar-refractivity contribution in [1.29, 1.82) is 0 Å². The molecule has 1 aliphatic rings. The van der Waals surface area contributed by atoms with Gasteiger partial charge in [-0.25, -0.2) is 4.39 Å². The lowest BCUT2D eigenvalue weighted by Gasteiger charge is -2.38. The normalized spacial score (nSPS) is 18.7. The number of rotatable bonds is 7. The summed E-state index contributed by atoms with van der Waals surface area (Å²) in [6.07, 6.45) is 2.23. The Hall–Kier alpha value is -1.46. The summed E-state index contributed by atoms with van der Waals surface area (Å²) < 4.78 is 14.0. The zero-order valence-corrected chi connectivity index (χ0v) is 17.7. The quantitative estimate of drug-likeness (QED) is 0.728. The van der Waals surface area contributed by atoms with Gasteiger partial charge in [0.25, 0.3) is 0 Å². The lowest BCUT2D eigenvalue weighted by atomic mass is 9.92. The second-order valence-corrected chi connectivity index (χ2v) is 9.14. The van der Waals surface area contributed by atoms with Crippen LogP contribution >= 0.6 is 0 Å². The van der Waals surface area contributed by atoms with Crippen LogP contribution < -0.4 is 0 Å². The summed E-state index contributed by atoms with van der Waals surface area (Å²) in [7, 11) is 4.08. The molecule has 0 aromatic heterocycles. The third kappa shape index (κ3) is 6.89. The van der Waals surface area contributed by atoms with Crippen LogP contribution in [0.4, 0.5) is 4.39 Å². The molecule has 0 N–H and O–H groups in total. The predicted molar refractivity (Wildman–Crippen MR) is 109 cm³/mol. The second kappa shape index (κ2) is 9.65. The molecule has 5 heteroatoms. The van der Waals surface area contributed by atoms with Crippen LogP contribution in [0.15, 0.2) is 24.3 Å². The Morgan fingerprint density at radius 2 is 1.93 bits per heavy atom. The van der Waals surface area contributed by atoms with Crippen LogP contribution in [0.3, 0.4) is 0 Å². The first-order chi connectivity index (χ1) is 12.7. The van der Waals surface area contributed by atoms with E-state index in [1.807, 2.05) is 51.9 Å². The van der Waals surface area contributed by atoms with Gasteiger partial charge in [-0.2, -0.15) is 0 Å². The van der Waals surface area contributed by atoms with E-state index >= 15 is 0 Å². The molecule has 27 heavy (non-hydrogen) atoms. The monoisotopic (exact) mass is 377 g/mol. The zero-order valence-electron chi connectivity index (χ0n) is 17.7. The Morgan fingerprint density at radius 1 is 1.22 bits per heavy atom. The molecule has 0 aliphatic carbocycles. The smallest absolute Gasteiger partial charge is 0.228 e. The number of carbonyl (C=O) groups is 1. The fraction of sp³-hybridized carbons (Fsp3) is 0.682. The highest BCUT2D eigenvalue weighted by atomic mass is 19.1. The van der Waals surface area contributed by atoms with Gasteiger partial charge in [0.2, 0.25) is 5.91 Å². The summed E-state index contributed by atoms with van der Waals surface area (Å²) in [4.78, 5) is 19.4. The fourth-order valence-electron chi connectivity index (χ4n) is 3.69. The molecule has 1 aromatic carbocycles. The first kappa shape index (κ1) is 21.8. The largest absolute Gasteiger partial charge is 0.341 e. The van der Waals surface area contributed by atoms with Gasteiger partial charge in [-0.05, 0) is 45.5 Å². The average molecular weight is 378 g/mol. The number of hydrogen-bond donors (Lipinski definition) is 0. The van der Waals surface area contributed by atoms with E-state index in [0.29, 0.717) is 12.5 Å². The van der Waals surface area contributed by atoms with Gasteiger partial charge in [0.15, 0.2) is 0 Å². The van der Waals surface area contributed by atoms with Crippen LogP contribution in [0.2, 0.25) is 0 Å². The number of halogens is 1. The maximum absolute atomic E-state index is 14.0. The molecule has 1 fully saturated rings. The Morgan fingerprint density at radius 3 is 2.56 bits per heavy atom. The van der Waals surface area contributed by atoms with Gasteiger partial charge in [0.05, 0.1) is 0 Å². The minimum absolute atomic E-state index is 0.129. The van der Waals surface area contributed by atoms with Crippen molar-refractivity contribution in [3.05, 3.63) is 35.6 Å². The highest BCUT2D eigenvalue weighted by molar-refractivity contribution is 5.81. The van der Waals surface area contributed by atoms with Crippen LogP contribution in [0, 0.1) is 17.2 Å². The molecular weight excluding hydrogens is 341 g/mol. The maximum atomic E-state index is 14.0. The van der Waals surface area contributed by atoms with E-state index in [-0.39, 0.29) is 17.1 Å². The molecule has 1 aliphatic heterocycles. The summed E-state index contributed by atoms with van der Waals surface area (Å²) in [6.45, 7) is 10.9. The molecule has 1 saturated heterocycles. The van der Waals surface area contributed by atoms with Gasteiger partial charge in [0.1, 0.15) is 5.82 Å². The van der Waals surface area contributed by atoms with Crippen LogP contribution in [-0.4, -0.2) is 67.4 Å². The minimum Gasteiger partial charge on any atom is -0.341 e. The molecule has 2 rings (SSSR count). The first-order valence-corrected chi connectivity index (χ1v) is 10.1. The van der Waals surface area contributed by atoms with E-state index < -0.39 is 0 Å². The first-order valence-electron chi connectivity index (χ1n) is 10.1. The molecule has 0 radical (unpaired) electrons. The summed E-state index contributed by atoms with van der Waals surface area (Å²) in [6, 6.07) is 7.02. The molecule has 4 nitrogen and oxygen atoms in total. The molecule has 1 aromatic rings. The van der Waals surface area contributed by atoms with E-state index in [1.165, 1.54) is 6.07 Å². The molecule has 0 spiro atoms. The number of likely N-dealkylation sites (N-methyl/N-ethyl adjacent to an activating group) is 1. The SMILES string of the molecule is CN(C)CCN(CC1CCCN(Cc2ccccc2F)C1)C(=O)C(C)(C)C. The van der Waals surface area contributed by atoms with Crippen LogP contribution in [0.1, 0.15) is 39.2 Å². The maximum Gasteiger partial charge on any atom is 0.228 e. The average Bonchev–Trinajstić information content (AvgIpc) is 2.59. The molecule has 1 atom stereocenters. The summed E-state index contributed by atoms with van der Waals surface area (Å²) in [5, 5.41) is 0. The lowest BCUT2D eigenvalue weighted by molar-refractivity contribution is -0.140. The van der Waals surface area contributed by atoms with E-state index in [2.05, 4.69) is 9.80 Å². The van der Waals surface area contributed by atoms with Crippen molar-refractivity contribution in [2.45, 2.75) is 40.2 Å². The zero-order chi connectivity index (χ0) is 20.0. The molecule has 1 heterocycles. The van der Waals surface area contributed by atoms with Crippen LogP contribution in [0.5, 0.6) is 0 Å². The van der Waals surface area contributed by atoms with Crippen molar-refractivity contribution in [2.24, 2.45) is 11.3 Å². The van der Waals surface area contributed by atoms with Gasteiger partial charge < -0.3 is 9.80 Å². The number of likely N-dealkylation sites (tertiary alicyclic amines) is 1. The summed E-state index contributed by atoms with van der Waals surface area (Å²) in [5.74, 6) is 0.532. The van der Waals surface area contributed by atoms with Gasteiger partial charge in [0, 0.05) is 43.7 Å². The molecule has 0 bridgehead atoms. The van der Waals surface area contributed by atoms with Crippen molar-refractivity contribution in [3.63, 3.8) is 0 Å². The van der Waals surface area contributed by atoms with E-state index in [1.54, 1.807) is 6.07 Å². The van der Waals surface area contributed by atoms with E-state index in [9.17, 15) is 9.18 Å². The van der Waals surface area contributed by atoms with E-state index in [4.69, 9.17) is 0 Å². The highest BCUT2D eigenvalue weighted by Gasteiger charge is 2.30. The Labute approximate surface area is 164 Å². The number of benzene rings is 1. The number of carbonyl (C=O) groups excluding carboxylic acids is 1. The third-order valence-electron chi connectivity index (χ3n) is 5.18. The third-order valence-corrected chi connectivity index (χ3v) is 5.18.